The molecule has 4 heteroatoms. The zero-order chi connectivity index (χ0) is 12.7. The summed E-state index contributed by atoms with van der Waals surface area (Å²) in [6, 6.07) is 0. The highest BCUT2D eigenvalue weighted by Crippen LogP contribution is 2.24. The van der Waals surface area contributed by atoms with Crippen LogP contribution >= 0.6 is 11.3 Å². The van der Waals surface area contributed by atoms with Gasteiger partial charge in [0, 0.05) is 30.7 Å². The minimum Gasteiger partial charge on any atom is -0.349 e. The number of hydrogen-bond donors (Lipinski definition) is 1. The lowest BCUT2D eigenvalue weighted by Crippen LogP contribution is -2.21. The van der Waals surface area contributed by atoms with Gasteiger partial charge in [-0.2, -0.15) is 0 Å². The maximum Gasteiger partial charge on any atom is 0.185 e. The molecule has 0 fully saturated rings. The maximum absolute atomic E-state index is 4.49. The van der Waals surface area contributed by atoms with Crippen LogP contribution in [0.4, 0.5) is 5.13 Å². The van der Waals surface area contributed by atoms with Gasteiger partial charge in [0.1, 0.15) is 0 Å². The average Bonchev–Trinajstić information content (AvgIpc) is 2.79. The van der Waals surface area contributed by atoms with Gasteiger partial charge in [0.25, 0.3) is 0 Å². The zero-order valence-corrected chi connectivity index (χ0v) is 12.1. The molecule has 0 atom stereocenters. The Kier molecular flexibility index (Phi) is 6.22. The van der Waals surface area contributed by atoms with Crippen molar-refractivity contribution in [3.63, 3.8) is 0 Å². The number of hydrogen-bond acceptors (Lipinski definition) is 4. The summed E-state index contributed by atoms with van der Waals surface area (Å²) in [6.45, 7) is 9.51. The van der Waals surface area contributed by atoms with E-state index in [0.29, 0.717) is 0 Å². The molecule has 1 aromatic rings. The fourth-order valence-corrected chi connectivity index (χ4v) is 2.72. The highest BCUT2D eigenvalue weighted by Gasteiger charge is 2.06. The molecule has 0 saturated heterocycles. The summed E-state index contributed by atoms with van der Waals surface area (Å²) in [6.07, 6.45) is 5.31. The number of anilines is 1. The molecule has 0 aliphatic heterocycles. The van der Waals surface area contributed by atoms with E-state index in [1.807, 2.05) is 13.2 Å². The van der Waals surface area contributed by atoms with Crippen molar-refractivity contribution in [2.75, 3.05) is 31.6 Å². The van der Waals surface area contributed by atoms with E-state index >= 15 is 0 Å². The van der Waals surface area contributed by atoms with Gasteiger partial charge in [-0.15, -0.1) is 0 Å². The third kappa shape index (κ3) is 4.13. The molecule has 0 saturated carbocycles. The monoisotopic (exact) mass is 253 g/mol. The van der Waals surface area contributed by atoms with Crippen LogP contribution in [-0.2, 0) is 0 Å². The summed E-state index contributed by atoms with van der Waals surface area (Å²) < 4.78 is 0. The highest BCUT2D eigenvalue weighted by molar-refractivity contribution is 7.16. The Bertz CT molecular complexity index is 353. The Hall–Kier alpha value is -0.870. The molecule has 0 bridgehead atoms. The molecular formula is C13H23N3S. The fraction of sp³-hybridized carbons (Fsp3) is 0.615. The molecule has 0 aliphatic rings. The number of nitrogens with zero attached hydrogens (tertiary/aromatic N) is 2. The van der Waals surface area contributed by atoms with Crippen molar-refractivity contribution in [1.29, 1.82) is 0 Å². The number of thiazole rings is 1. The predicted molar refractivity (Wildman–Crippen MR) is 77.9 cm³/mol. The zero-order valence-electron chi connectivity index (χ0n) is 11.3. The molecule has 3 nitrogen and oxygen atoms in total. The van der Waals surface area contributed by atoms with Crippen molar-refractivity contribution in [3.05, 3.63) is 16.6 Å². The highest BCUT2D eigenvalue weighted by atomic mass is 32.1. The number of rotatable bonds is 7. The van der Waals surface area contributed by atoms with Crippen molar-refractivity contribution in [2.45, 2.75) is 27.2 Å². The Morgan fingerprint density at radius 2 is 2.12 bits per heavy atom. The van der Waals surface area contributed by atoms with Crippen LogP contribution in [0.5, 0.6) is 0 Å². The molecule has 0 unspecified atom stereocenters. The SMILES string of the molecule is CCC(=Cc1cnc(N(CC)CC)s1)CNC. The topological polar surface area (TPSA) is 28.2 Å². The van der Waals surface area contributed by atoms with Gasteiger partial charge in [-0.1, -0.05) is 23.8 Å². The lowest BCUT2D eigenvalue weighted by Gasteiger charge is -2.16. The molecular weight excluding hydrogens is 230 g/mol. The van der Waals surface area contributed by atoms with Crippen LogP contribution in [-0.4, -0.2) is 31.7 Å². The van der Waals surface area contributed by atoms with E-state index in [1.165, 1.54) is 10.5 Å². The summed E-state index contributed by atoms with van der Waals surface area (Å²) >= 11 is 1.77. The Balaban J connectivity index is 2.79. The van der Waals surface area contributed by atoms with Crippen LogP contribution in [0.15, 0.2) is 11.8 Å². The van der Waals surface area contributed by atoms with Crippen LogP contribution in [0.25, 0.3) is 6.08 Å². The molecule has 0 spiro atoms. The summed E-state index contributed by atoms with van der Waals surface area (Å²) in [7, 11) is 1.98. The van der Waals surface area contributed by atoms with E-state index in [9.17, 15) is 0 Å². The van der Waals surface area contributed by atoms with Crippen molar-refractivity contribution in [1.82, 2.24) is 10.3 Å². The van der Waals surface area contributed by atoms with Crippen LogP contribution in [0, 0.1) is 0 Å². The largest absolute Gasteiger partial charge is 0.349 e. The standard InChI is InChI=1S/C13H23N3S/c1-5-11(9-14-4)8-12-10-15-13(17-12)16(6-2)7-3/h8,10,14H,5-7,9H2,1-4H3. The molecule has 0 radical (unpaired) electrons. The Morgan fingerprint density at radius 1 is 1.41 bits per heavy atom. The minimum atomic E-state index is 0.953. The van der Waals surface area contributed by atoms with E-state index in [0.717, 1.165) is 31.2 Å². The van der Waals surface area contributed by atoms with Crippen LogP contribution in [0.2, 0.25) is 0 Å². The van der Waals surface area contributed by atoms with E-state index in [-0.39, 0.29) is 0 Å². The molecule has 0 aromatic carbocycles. The van der Waals surface area contributed by atoms with Crippen molar-refractivity contribution in [3.8, 4) is 0 Å². The first-order valence-corrected chi connectivity index (χ1v) is 7.11. The van der Waals surface area contributed by atoms with Crippen LogP contribution in [0.1, 0.15) is 32.1 Å². The fourth-order valence-electron chi connectivity index (χ4n) is 1.69. The van der Waals surface area contributed by atoms with Gasteiger partial charge >= 0.3 is 0 Å². The predicted octanol–water partition coefficient (Wildman–Crippen LogP) is 3.00. The lowest BCUT2D eigenvalue weighted by molar-refractivity contribution is 0.851. The summed E-state index contributed by atoms with van der Waals surface area (Å²) in [5, 5.41) is 4.32. The number of likely N-dealkylation sites (N-methyl/N-ethyl adjacent to an activating group) is 1. The van der Waals surface area contributed by atoms with Crippen LogP contribution in [0.3, 0.4) is 0 Å². The molecule has 1 N–H and O–H groups in total. The molecule has 0 amide bonds. The van der Waals surface area contributed by atoms with Crippen LogP contribution < -0.4 is 10.2 Å². The molecule has 1 aromatic heterocycles. The second kappa shape index (κ2) is 7.45. The van der Waals surface area contributed by atoms with Crippen molar-refractivity contribution >= 4 is 22.5 Å². The second-order valence-electron chi connectivity index (χ2n) is 3.90. The second-order valence-corrected chi connectivity index (χ2v) is 4.94. The normalized spacial score (nSPS) is 11.9. The summed E-state index contributed by atoms with van der Waals surface area (Å²) in [5.41, 5.74) is 1.42. The van der Waals surface area contributed by atoms with Gasteiger partial charge in [-0.05, 0) is 33.4 Å². The number of nitrogens with one attached hydrogen (secondary N) is 1. The van der Waals surface area contributed by atoms with Gasteiger partial charge in [-0.3, -0.25) is 0 Å². The molecule has 1 rings (SSSR count). The Labute approximate surface area is 109 Å². The molecule has 96 valence electrons. The first-order valence-electron chi connectivity index (χ1n) is 6.29. The minimum absolute atomic E-state index is 0.953. The van der Waals surface area contributed by atoms with Crippen molar-refractivity contribution in [2.24, 2.45) is 0 Å². The lowest BCUT2D eigenvalue weighted by atomic mass is 10.2. The van der Waals surface area contributed by atoms with Gasteiger partial charge < -0.3 is 10.2 Å². The maximum atomic E-state index is 4.49. The quantitative estimate of drug-likeness (QED) is 0.809. The molecule has 17 heavy (non-hydrogen) atoms. The van der Waals surface area contributed by atoms with Gasteiger partial charge in [0.2, 0.25) is 0 Å². The van der Waals surface area contributed by atoms with Crippen molar-refractivity contribution < 1.29 is 0 Å². The molecule has 1 heterocycles. The first-order chi connectivity index (χ1) is 8.24. The van der Waals surface area contributed by atoms with E-state index < -0.39 is 0 Å². The van der Waals surface area contributed by atoms with Gasteiger partial charge in [0.15, 0.2) is 5.13 Å². The van der Waals surface area contributed by atoms with Gasteiger partial charge in [-0.25, -0.2) is 4.98 Å². The smallest absolute Gasteiger partial charge is 0.185 e. The molecule has 0 aliphatic carbocycles. The van der Waals surface area contributed by atoms with E-state index in [2.05, 4.69) is 42.0 Å². The van der Waals surface area contributed by atoms with Gasteiger partial charge in [0.05, 0.1) is 0 Å². The Morgan fingerprint density at radius 3 is 2.65 bits per heavy atom. The number of aromatic nitrogens is 1. The third-order valence-electron chi connectivity index (χ3n) is 2.75. The summed E-state index contributed by atoms with van der Waals surface area (Å²) in [4.78, 5) is 8.02. The first kappa shape index (κ1) is 14.2. The van der Waals surface area contributed by atoms with E-state index in [4.69, 9.17) is 0 Å². The van der Waals surface area contributed by atoms with E-state index in [1.54, 1.807) is 11.3 Å². The summed E-state index contributed by atoms with van der Waals surface area (Å²) in [5.74, 6) is 0. The average molecular weight is 253 g/mol. The third-order valence-corrected chi connectivity index (χ3v) is 3.75.